The van der Waals surface area contributed by atoms with Crippen molar-refractivity contribution in [2.24, 2.45) is 0 Å². The lowest BCUT2D eigenvalue weighted by Gasteiger charge is -2.24. The van der Waals surface area contributed by atoms with E-state index >= 15 is 0 Å². The number of nitrogen functional groups attached to an aromatic ring is 1. The molecule has 1 rings (SSSR count). The second kappa shape index (κ2) is 7.64. The molecule has 0 atom stereocenters. The van der Waals surface area contributed by atoms with Crippen LogP contribution in [0.3, 0.4) is 0 Å². The third-order valence-electron chi connectivity index (χ3n) is 3.19. The van der Waals surface area contributed by atoms with Gasteiger partial charge in [0.05, 0.1) is 6.61 Å². The van der Waals surface area contributed by atoms with Crippen LogP contribution in [0.4, 0.5) is 5.69 Å². The van der Waals surface area contributed by atoms with Crippen molar-refractivity contribution in [3.8, 4) is 0 Å². The minimum atomic E-state index is -0.203. The summed E-state index contributed by atoms with van der Waals surface area (Å²) in [4.78, 5) is 27.3. The number of benzene rings is 1. The minimum absolute atomic E-state index is 0.0264. The van der Waals surface area contributed by atoms with Crippen LogP contribution in [-0.4, -0.2) is 62.5 Å². The van der Waals surface area contributed by atoms with Gasteiger partial charge in [-0.1, -0.05) is 0 Å². The zero-order valence-corrected chi connectivity index (χ0v) is 13.0. The predicted octanol–water partition coefficient (Wildman–Crippen LogP) is 0.754. The first-order chi connectivity index (χ1) is 9.86. The number of carbonyl (C=O) groups is 2. The summed E-state index contributed by atoms with van der Waals surface area (Å²) in [6.07, 6.45) is 0. The number of hydrogen-bond acceptors (Lipinski definition) is 4. The highest BCUT2D eigenvalue weighted by molar-refractivity contribution is 5.97. The van der Waals surface area contributed by atoms with E-state index in [2.05, 4.69) is 0 Å². The number of aryl methyl sites for hydroxylation is 1. The highest BCUT2D eigenvalue weighted by Gasteiger charge is 2.19. The standard InChI is InChI=1S/C15H23N3O3/c1-11-9-12(5-6-13(11)16)15(20)18(7-8-21-4)10-14(19)17(2)3/h5-6,9H,7-8,10,16H2,1-4H3. The molecule has 0 aromatic heterocycles. The normalized spacial score (nSPS) is 10.3. The van der Waals surface area contributed by atoms with E-state index in [0.29, 0.717) is 24.4 Å². The molecule has 1 aromatic carbocycles. The van der Waals surface area contributed by atoms with E-state index in [4.69, 9.17) is 10.5 Å². The second-order valence-electron chi connectivity index (χ2n) is 5.08. The molecule has 21 heavy (non-hydrogen) atoms. The van der Waals surface area contributed by atoms with Gasteiger partial charge in [0.15, 0.2) is 0 Å². The van der Waals surface area contributed by atoms with Crippen LogP contribution in [0.1, 0.15) is 15.9 Å². The summed E-state index contributed by atoms with van der Waals surface area (Å²) >= 11 is 0. The molecule has 2 amide bonds. The molecule has 116 valence electrons. The van der Waals surface area contributed by atoms with Gasteiger partial charge in [-0.3, -0.25) is 9.59 Å². The van der Waals surface area contributed by atoms with Gasteiger partial charge in [0, 0.05) is 39.0 Å². The molecule has 0 spiro atoms. The van der Waals surface area contributed by atoms with Gasteiger partial charge in [-0.15, -0.1) is 0 Å². The fraction of sp³-hybridized carbons (Fsp3) is 0.467. The number of rotatable bonds is 6. The lowest BCUT2D eigenvalue weighted by atomic mass is 10.1. The SMILES string of the molecule is COCCN(CC(=O)N(C)C)C(=O)c1ccc(N)c(C)c1. The van der Waals surface area contributed by atoms with Gasteiger partial charge in [0.25, 0.3) is 5.91 Å². The molecule has 0 unspecified atom stereocenters. The summed E-state index contributed by atoms with van der Waals surface area (Å²) in [5, 5.41) is 0. The van der Waals surface area contributed by atoms with Crippen molar-refractivity contribution >= 4 is 17.5 Å². The number of likely N-dealkylation sites (N-methyl/N-ethyl adjacent to an activating group) is 1. The third kappa shape index (κ3) is 4.75. The highest BCUT2D eigenvalue weighted by Crippen LogP contribution is 2.14. The Morgan fingerprint density at radius 2 is 1.95 bits per heavy atom. The van der Waals surface area contributed by atoms with E-state index in [9.17, 15) is 9.59 Å². The summed E-state index contributed by atoms with van der Waals surface area (Å²) in [6.45, 7) is 2.61. The van der Waals surface area contributed by atoms with Crippen molar-refractivity contribution in [2.75, 3.05) is 46.6 Å². The first-order valence-corrected chi connectivity index (χ1v) is 6.71. The van der Waals surface area contributed by atoms with Gasteiger partial charge in [-0.05, 0) is 30.7 Å². The number of nitrogens with two attached hydrogens (primary N) is 1. The molecule has 0 saturated carbocycles. The van der Waals surface area contributed by atoms with Crippen molar-refractivity contribution in [1.29, 1.82) is 0 Å². The molecule has 0 fully saturated rings. The highest BCUT2D eigenvalue weighted by atomic mass is 16.5. The van der Waals surface area contributed by atoms with E-state index in [1.165, 1.54) is 9.80 Å². The Morgan fingerprint density at radius 3 is 2.48 bits per heavy atom. The van der Waals surface area contributed by atoms with Gasteiger partial charge in [-0.25, -0.2) is 0 Å². The van der Waals surface area contributed by atoms with Crippen molar-refractivity contribution < 1.29 is 14.3 Å². The number of amides is 2. The van der Waals surface area contributed by atoms with Crippen molar-refractivity contribution in [3.05, 3.63) is 29.3 Å². The zero-order chi connectivity index (χ0) is 16.0. The maximum atomic E-state index is 12.5. The number of nitrogens with zero attached hydrogens (tertiary/aromatic N) is 2. The molecule has 6 heteroatoms. The smallest absolute Gasteiger partial charge is 0.254 e. The van der Waals surface area contributed by atoms with E-state index in [1.807, 2.05) is 6.92 Å². The quantitative estimate of drug-likeness (QED) is 0.785. The van der Waals surface area contributed by atoms with Crippen LogP contribution >= 0.6 is 0 Å². The fourth-order valence-electron chi connectivity index (χ4n) is 1.75. The summed E-state index contributed by atoms with van der Waals surface area (Å²) < 4.78 is 5.00. The van der Waals surface area contributed by atoms with E-state index in [0.717, 1.165) is 5.56 Å². The number of hydrogen-bond donors (Lipinski definition) is 1. The summed E-state index contributed by atoms with van der Waals surface area (Å²) in [7, 11) is 4.88. The predicted molar refractivity (Wildman–Crippen MR) is 82.1 cm³/mol. The molecule has 0 aliphatic carbocycles. The van der Waals surface area contributed by atoms with E-state index < -0.39 is 0 Å². The van der Waals surface area contributed by atoms with Gasteiger partial charge in [0.1, 0.15) is 6.54 Å². The monoisotopic (exact) mass is 293 g/mol. The second-order valence-corrected chi connectivity index (χ2v) is 5.08. The third-order valence-corrected chi connectivity index (χ3v) is 3.19. The Labute approximate surface area is 125 Å². The van der Waals surface area contributed by atoms with Crippen molar-refractivity contribution in [2.45, 2.75) is 6.92 Å². The summed E-state index contributed by atoms with van der Waals surface area (Å²) in [5.74, 6) is -0.336. The lowest BCUT2D eigenvalue weighted by molar-refractivity contribution is -0.129. The topological polar surface area (TPSA) is 75.9 Å². The molecule has 1 aromatic rings. The average molecular weight is 293 g/mol. The molecule has 2 N–H and O–H groups in total. The molecule has 0 heterocycles. The molecule has 0 bridgehead atoms. The van der Waals surface area contributed by atoms with Crippen LogP contribution < -0.4 is 5.73 Å². The molecular formula is C15H23N3O3. The number of methoxy groups -OCH3 is 1. The van der Waals surface area contributed by atoms with Crippen molar-refractivity contribution in [1.82, 2.24) is 9.80 Å². The maximum Gasteiger partial charge on any atom is 0.254 e. The van der Waals surface area contributed by atoms with Gasteiger partial charge >= 0.3 is 0 Å². The minimum Gasteiger partial charge on any atom is -0.399 e. The average Bonchev–Trinajstić information content (AvgIpc) is 2.45. The summed E-state index contributed by atoms with van der Waals surface area (Å²) in [5.41, 5.74) is 7.76. The van der Waals surface area contributed by atoms with Gasteiger partial charge < -0.3 is 20.3 Å². The Morgan fingerprint density at radius 1 is 1.29 bits per heavy atom. The summed E-state index contributed by atoms with van der Waals surface area (Å²) in [6, 6.07) is 5.10. The Hall–Kier alpha value is -2.08. The molecular weight excluding hydrogens is 270 g/mol. The Balaban J connectivity index is 2.92. The van der Waals surface area contributed by atoms with Crippen LogP contribution in [0.5, 0.6) is 0 Å². The lowest BCUT2D eigenvalue weighted by Crippen LogP contribution is -2.41. The number of anilines is 1. The first-order valence-electron chi connectivity index (χ1n) is 6.71. The molecule has 0 saturated heterocycles. The molecule has 0 aliphatic heterocycles. The maximum absolute atomic E-state index is 12.5. The number of ether oxygens (including phenoxy) is 1. The van der Waals surface area contributed by atoms with Crippen LogP contribution in [0.25, 0.3) is 0 Å². The Kier molecular flexibility index (Phi) is 6.17. The van der Waals surface area contributed by atoms with E-state index in [1.54, 1.807) is 39.4 Å². The molecule has 6 nitrogen and oxygen atoms in total. The largest absolute Gasteiger partial charge is 0.399 e. The Bertz CT molecular complexity index is 515. The van der Waals surface area contributed by atoms with Crippen LogP contribution in [0.15, 0.2) is 18.2 Å². The van der Waals surface area contributed by atoms with Gasteiger partial charge in [0.2, 0.25) is 5.91 Å². The van der Waals surface area contributed by atoms with E-state index in [-0.39, 0.29) is 18.4 Å². The van der Waals surface area contributed by atoms with Crippen LogP contribution in [-0.2, 0) is 9.53 Å². The first kappa shape index (κ1) is 17.0. The van der Waals surface area contributed by atoms with Crippen LogP contribution in [0.2, 0.25) is 0 Å². The number of carbonyl (C=O) groups excluding carboxylic acids is 2. The molecule has 0 radical (unpaired) electrons. The molecule has 0 aliphatic rings. The van der Waals surface area contributed by atoms with Gasteiger partial charge in [-0.2, -0.15) is 0 Å². The van der Waals surface area contributed by atoms with Crippen LogP contribution in [0, 0.1) is 6.92 Å². The zero-order valence-electron chi connectivity index (χ0n) is 13.0. The van der Waals surface area contributed by atoms with Crippen molar-refractivity contribution in [3.63, 3.8) is 0 Å². The fourth-order valence-corrected chi connectivity index (χ4v) is 1.75.